The van der Waals surface area contributed by atoms with Gasteiger partial charge < -0.3 is 4.74 Å². The summed E-state index contributed by atoms with van der Waals surface area (Å²) < 4.78 is 5.47. The number of carbonyl (C=O) groups is 3. The van der Waals surface area contributed by atoms with E-state index >= 15 is 0 Å². The summed E-state index contributed by atoms with van der Waals surface area (Å²) in [6.07, 6.45) is 2.09. The quantitative estimate of drug-likeness (QED) is 0.344. The molecule has 0 N–H and O–H groups in total. The van der Waals surface area contributed by atoms with Gasteiger partial charge in [-0.25, -0.2) is 9.69 Å². The molecule has 0 spiro atoms. The highest BCUT2D eigenvalue weighted by Gasteiger charge is 2.40. The zero-order valence-electron chi connectivity index (χ0n) is 21.5. The fourth-order valence-corrected chi connectivity index (χ4v) is 9.37. The molecule has 4 aromatic carbocycles. The van der Waals surface area contributed by atoms with Gasteiger partial charge >= 0.3 is 6.09 Å². The molecule has 4 aromatic rings. The number of carbonyl (C=O) groups excluding carboxylic acids is 3. The van der Waals surface area contributed by atoms with Crippen LogP contribution in [0.15, 0.2) is 133 Å². The lowest BCUT2D eigenvalue weighted by atomic mass is 10.1. The van der Waals surface area contributed by atoms with Crippen molar-refractivity contribution in [2.75, 3.05) is 0 Å². The second-order valence-electron chi connectivity index (χ2n) is 9.18. The lowest BCUT2D eigenvalue weighted by Gasteiger charge is -2.32. The van der Waals surface area contributed by atoms with E-state index in [1.165, 1.54) is 6.08 Å². The Balaban J connectivity index is 1.69. The molecule has 39 heavy (non-hydrogen) atoms. The molecular formula is C33H28NO4P. The fourth-order valence-electron chi connectivity index (χ4n) is 4.97. The molecule has 6 heteroatoms. The Bertz CT molecular complexity index is 1460. The number of ether oxygens (including phenoxy) is 1. The number of imide groups is 1. The van der Waals surface area contributed by atoms with Crippen LogP contribution in [0.3, 0.4) is 0 Å². The summed E-state index contributed by atoms with van der Waals surface area (Å²) in [7, 11) is 0. The van der Waals surface area contributed by atoms with Crippen molar-refractivity contribution in [1.82, 2.24) is 4.90 Å². The molecule has 2 amide bonds. The number of hydrogen-bond acceptors (Lipinski definition) is 4. The number of ketones is 1. The smallest absolute Gasteiger partial charge is 0.417 e. The molecule has 0 radical (unpaired) electrons. The van der Waals surface area contributed by atoms with Crippen molar-refractivity contribution in [2.24, 2.45) is 0 Å². The molecule has 0 aromatic heterocycles. The average molecular weight is 534 g/mol. The number of amides is 2. The highest BCUT2D eigenvalue weighted by Crippen LogP contribution is 2.47. The lowest BCUT2D eigenvalue weighted by Crippen LogP contribution is -2.47. The Labute approximate surface area is 228 Å². The SMILES string of the molecule is C[C@H]1C(=O)C(=P(c2ccccc2)(c2ccccc2)c2ccccc2)C=CC(=O)N1C(=O)OCc1ccccc1. The van der Waals surface area contributed by atoms with Gasteiger partial charge in [-0.3, -0.25) is 9.59 Å². The maximum Gasteiger partial charge on any atom is 0.417 e. The predicted octanol–water partition coefficient (Wildman–Crippen LogP) is 4.85. The van der Waals surface area contributed by atoms with E-state index in [1.54, 1.807) is 13.0 Å². The molecule has 1 atom stereocenters. The normalized spacial score (nSPS) is 15.7. The van der Waals surface area contributed by atoms with Gasteiger partial charge in [0, 0.05) is 11.4 Å². The van der Waals surface area contributed by atoms with Crippen molar-refractivity contribution in [3.63, 3.8) is 0 Å². The Morgan fingerprint density at radius 2 is 1.13 bits per heavy atom. The van der Waals surface area contributed by atoms with E-state index in [2.05, 4.69) is 0 Å². The summed E-state index contributed by atoms with van der Waals surface area (Å²) >= 11 is 0. The van der Waals surface area contributed by atoms with E-state index in [0.29, 0.717) is 5.29 Å². The predicted molar refractivity (Wildman–Crippen MR) is 157 cm³/mol. The molecule has 0 fully saturated rings. The van der Waals surface area contributed by atoms with Gasteiger partial charge in [-0.05, 0) is 41.4 Å². The van der Waals surface area contributed by atoms with Crippen LogP contribution < -0.4 is 15.9 Å². The van der Waals surface area contributed by atoms with Gasteiger partial charge in [0.05, 0.1) is 0 Å². The third-order valence-electron chi connectivity index (χ3n) is 6.83. The molecule has 0 bridgehead atoms. The molecule has 1 heterocycles. The van der Waals surface area contributed by atoms with Gasteiger partial charge in [0.1, 0.15) is 12.6 Å². The van der Waals surface area contributed by atoms with E-state index in [1.807, 2.05) is 121 Å². The minimum Gasteiger partial charge on any atom is -0.444 e. The van der Waals surface area contributed by atoms with Gasteiger partial charge in [0.25, 0.3) is 5.91 Å². The summed E-state index contributed by atoms with van der Waals surface area (Å²) in [5.41, 5.74) is 0.789. The van der Waals surface area contributed by atoms with Crippen molar-refractivity contribution in [3.05, 3.63) is 139 Å². The number of rotatable bonds is 5. The van der Waals surface area contributed by atoms with Gasteiger partial charge in [0.2, 0.25) is 0 Å². The maximum atomic E-state index is 14.4. The van der Waals surface area contributed by atoms with Crippen LogP contribution in [0.4, 0.5) is 4.79 Å². The molecule has 1 aliphatic rings. The van der Waals surface area contributed by atoms with E-state index < -0.39 is 24.9 Å². The largest absolute Gasteiger partial charge is 0.444 e. The molecular weight excluding hydrogens is 505 g/mol. The second-order valence-corrected chi connectivity index (χ2v) is 12.6. The minimum absolute atomic E-state index is 0.000364. The number of Topliss-reactive ketones (excluding diaryl/α,β-unsaturated/α-hetero) is 1. The first-order valence-corrected chi connectivity index (χ1v) is 14.5. The first-order valence-electron chi connectivity index (χ1n) is 12.7. The molecule has 5 nitrogen and oxygen atoms in total. The van der Waals surface area contributed by atoms with Crippen molar-refractivity contribution in [2.45, 2.75) is 19.6 Å². The molecule has 0 saturated heterocycles. The zero-order chi connectivity index (χ0) is 27.2. The summed E-state index contributed by atoms with van der Waals surface area (Å²) in [5.74, 6) is -0.880. The molecule has 5 rings (SSSR count). The second kappa shape index (κ2) is 11.5. The molecule has 1 aliphatic heterocycles. The van der Waals surface area contributed by atoms with E-state index in [-0.39, 0.29) is 12.4 Å². The third kappa shape index (κ3) is 5.01. The summed E-state index contributed by atoms with van der Waals surface area (Å²) in [5, 5.41) is 3.45. The van der Waals surface area contributed by atoms with Crippen LogP contribution >= 0.6 is 6.89 Å². The van der Waals surface area contributed by atoms with Crippen LogP contribution in [0.2, 0.25) is 0 Å². The van der Waals surface area contributed by atoms with Crippen LogP contribution in [0.25, 0.3) is 0 Å². The van der Waals surface area contributed by atoms with Crippen molar-refractivity contribution in [3.8, 4) is 0 Å². The van der Waals surface area contributed by atoms with Gasteiger partial charge in [0.15, 0.2) is 5.78 Å². The summed E-state index contributed by atoms with van der Waals surface area (Å²) in [4.78, 5) is 41.7. The highest BCUT2D eigenvalue weighted by molar-refractivity contribution is 7.96. The van der Waals surface area contributed by atoms with Crippen molar-refractivity contribution >= 4 is 45.9 Å². The van der Waals surface area contributed by atoms with E-state index in [9.17, 15) is 14.4 Å². The zero-order valence-corrected chi connectivity index (χ0v) is 22.4. The fraction of sp³-hybridized carbons (Fsp3) is 0.0909. The Morgan fingerprint density at radius 3 is 1.59 bits per heavy atom. The van der Waals surface area contributed by atoms with Gasteiger partial charge in [-0.1, -0.05) is 121 Å². The van der Waals surface area contributed by atoms with Crippen LogP contribution in [0.1, 0.15) is 12.5 Å². The van der Waals surface area contributed by atoms with Crippen LogP contribution in [0.5, 0.6) is 0 Å². The maximum absolute atomic E-state index is 14.4. The van der Waals surface area contributed by atoms with E-state index in [0.717, 1.165) is 26.4 Å². The summed E-state index contributed by atoms with van der Waals surface area (Å²) in [6.45, 7) is -1.16. The van der Waals surface area contributed by atoms with Crippen LogP contribution in [-0.2, 0) is 20.9 Å². The molecule has 0 unspecified atom stereocenters. The van der Waals surface area contributed by atoms with E-state index in [4.69, 9.17) is 4.74 Å². The standard InChI is InChI=1S/C33H28NO4P/c1-25-32(36)30(22-23-31(35)34(25)33(37)38-24-26-14-6-2-7-15-26)39(27-16-8-3-9-17-27,28-18-10-4-11-19-28)29-20-12-5-13-21-29/h2-23,25H,24H2,1H3/t25-/m0/s1. The Morgan fingerprint density at radius 1 is 0.692 bits per heavy atom. The Hall–Kier alpha value is -4.47. The molecule has 0 aliphatic carbocycles. The number of allylic oxidation sites excluding steroid dienone is 1. The number of hydrogen-bond donors (Lipinski definition) is 0. The number of benzene rings is 4. The van der Waals surface area contributed by atoms with Crippen molar-refractivity contribution < 1.29 is 19.1 Å². The Kier molecular flexibility index (Phi) is 7.72. The average Bonchev–Trinajstić information content (AvgIpc) is 3.10. The van der Waals surface area contributed by atoms with Crippen molar-refractivity contribution in [1.29, 1.82) is 0 Å². The molecule has 194 valence electrons. The third-order valence-corrected chi connectivity index (χ3v) is 11.1. The molecule has 0 saturated carbocycles. The number of nitrogens with zero attached hydrogens (tertiary/aromatic N) is 1. The first kappa shape index (κ1) is 26.1. The van der Waals surface area contributed by atoms with Crippen LogP contribution in [0, 0.1) is 0 Å². The first-order chi connectivity index (χ1) is 19.0. The summed E-state index contributed by atoms with van der Waals surface area (Å²) in [6, 6.07) is 38.0. The van der Waals surface area contributed by atoms with Gasteiger partial charge in [-0.15, -0.1) is 0 Å². The minimum atomic E-state index is -2.75. The monoisotopic (exact) mass is 533 g/mol. The van der Waals surface area contributed by atoms with Crippen LogP contribution in [-0.4, -0.2) is 34.0 Å². The van der Waals surface area contributed by atoms with Gasteiger partial charge in [-0.2, -0.15) is 0 Å². The lowest BCUT2D eigenvalue weighted by molar-refractivity contribution is -0.130. The highest BCUT2D eigenvalue weighted by atomic mass is 31.2. The topological polar surface area (TPSA) is 63.7 Å².